The van der Waals surface area contributed by atoms with Gasteiger partial charge in [0.2, 0.25) is 5.91 Å². The molecule has 28 heavy (non-hydrogen) atoms. The molecule has 0 spiro atoms. The number of hydrogen-bond acceptors (Lipinski definition) is 5. The van der Waals surface area contributed by atoms with E-state index in [0.717, 1.165) is 36.0 Å². The molecule has 1 saturated heterocycles. The van der Waals surface area contributed by atoms with Gasteiger partial charge >= 0.3 is 0 Å². The number of benzene rings is 1. The zero-order valence-electron chi connectivity index (χ0n) is 15.4. The largest absolute Gasteiger partial charge is 0.329 e. The fraction of sp³-hybridized carbons (Fsp3) is 0.381. The number of halogens is 1. The van der Waals surface area contributed by atoms with Crippen LogP contribution in [-0.2, 0) is 4.79 Å². The predicted molar refractivity (Wildman–Crippen MR) is 107 cm³/mol. The van der Waals surface area contributed by atoms with Crippen molar-refractivity contribution in [1.29, 1.82) is 5.26 Å². The number of rotatable bonds is 3. The number of amides is 1. The second-order valence-corrected chi connectivity index (χ2v) is 8.00. The van der Waals surface area contributed by atoms with Crippen LogP contribution in [0.1, 0.15) is 36.3 Å². The Kier molecular flexibility index (Phi) is 5.31. The van der Waals surface area contributed by atoms with Crippen molar-refractivity contribution in [3.63, 3.8) is 0 Å². The summed E-state index contributed by atoms with van der Waals surface area (Å²) in [5.74, 6) is 0.614. The third-order valence-electron chi connectivity index (χ3n) is 6.03. The summed E-state index contributed by atoms with van der Waals surface area (Å²) < 4.78 is 0. The molecular formula is C21H22ClN5O. The van der Waals surface area contributed by atoms with Crippen LogP contribution in [0.15, 0.2) is 36.7 Å². The van der Waals surface area contributed by atoms with Crippen molar-refractivity contribution in [3.8, 4) is 17.2 Å². The van der Waals surface area contributed by atoms with Crippen molar-refractivity contribution in [2.75, 3.05) is 6.54 Å². The van der Waals surface area contributed by atoms with Gasteiger partial charge in [-0.1, -0.05) is 17.7 Å². The number of hydrogen-bond donors (Lipinski definition) is 3. The minimum absolute atomic E-state index is 0.0173. The molecule has 2 aliphatic rings. The van der Waals surface area contributed by atoms with Gasteiger partial charge in [-0.3, -0.25) is 15.2 Å². The lowest BCUT2D eigenvalue weighted by atomic mass is 9.68. The molecule has 2 heterocycles. The van der Waals surface area contributed by atoms with Crippen LogP contribution in [-0.4, -0.2) is 23.5 Å². The van der Waals surface area contributed by atoms with Gasteiger partial charge in [0.05, 0.1) is 11.6 Å². The molecule has 0 radical (unpaired) electrons. The van der Waals surface area contributed by atoms with Gasteiger partial charge in [-0.15, -0.1) is 0 Å². The van der Waals surface area contributed by atoms with E-state index in [4.69, 9.17) is 17.3 Å². The number of nitrogens with two attached hydrogens (primary N) is 1. The number of nitrogens with one attached hydrogen (secondary N) is 2. The first-order valence-corrected chi connectivity index (χ1v) is 9.89. The fourth-order valence-corrected chi connectivity index (χ4v) is 4.74. The molecule has 2 fully saturated rings. The van der Waals surface area contributed by atoms with Crippen molar-refractivity contribution in [3.05, 3.63) is 52.8 Å². The number of carbonyl (C=O) groups excluding carboxylic acids is 1. The lowest BCUT2D eigenvalue weighted by Crippen LogP contribution is -2.62. The van der Waals surface area contributed by atoms with Crippen LogP contribution in [0.3, 0.4) is 0 Å². The van der Waals surface area contributed by atoms with Crippen LogP contribution >= 0.6 is 11.6 Å². The number of carbonyl (C=O) groups is 1. The zero-order valence-corrected chi connectivity index (χ0v) is 16.1. The van der Waals surface area contributed by atoms with Crippen molar-refractivity contribution < 1.29 is 4.79 Å². The van der Waals surface area contributed by atoms with E-state index in [0.29, 0.717) is 23.0 Å². The van der Waals surface area contributed by atoms with Crippen molar-refractivity contribution >= 4 is 17.5 Å². The molecule has 7 heteroatoms. The van der Waals surface area contributed by atoms with E-state index >= 15 is 0 Å². The molecule has 1 aliphatic carbocycles. The monoisotopic (exact) mass is 395 g/mol. The van der Waals surface area contributed by atoms with Gasteiger partial charge in [0.1, 0.15) is 0 Å². The van der Waals surface area contributed by atoms with E-state index in [9.17, 15) is 10.1 Å². The van der Waals surface area contributed by atoms with Crippen LogP contribution in [0.5, 0.6) is 0 Å². The predicted octanol–water partition coefficient (Wildman–Crippen LogP) is 2.74. The number of aromatic nitrogens is 1. The number of nitriles is 1. The first-order chi connectivity index (χ1) is 13.6. The zero-order chi connectivity index (χ0) is 19.7. The highest BCUT2D eigenvalue weighted by Gasteiger charge is 2.42. The Balaban J connectivity index is 1.62. The summed E-state index contributed by atoms with van der Waals surface area (Å²) in [6, 6.07) is 9.72. The Hall–Kier alpha value is -2.46. The smallest absolute Gasteiger partial charge is 0.237 e. The maximum Gasteiger partial charge on any atom is 0.237 e. The summed E-state index contributed by atoms with van der Waals surface area (Å²) in [5, 5.41) is 9.99. The molecule has 0 bridgehead atoms. The second-order valence-electron chi connectivity index (χ2n) is 7.56. The number of pyridine rings is 1. The molecule has 6 nitrogen and oxygen atoms in total. The highest BCUT2D eigenvalue weighted by Crippen LogP contribution is 2.42. The van der Waals surface area contributed by atoms with Gasteiger partial charge < -0.3 is 5.73 Å². The minimum atomic E-state index is 0.0173. The Morgan fingerprint density at radius 1 is 1.29 bits per heavy atom. The van der Waals surface area contributed by atoms with Crippen LogP contribution in [0.25, 0.3) is 11.1 Å². The minimum Gasteiger partial charge on any atom is -0.329 e. The van der Waals surface area contributed by atoms with E-state index in [1.807, 2.05) is 12.3 Å². The van der Waals surface area contributed by atoms with E-state index in [-0.39, 0.29) is 23.8 Å². The van der Waals surface area contributed by atoms with Crippen molar-refractivity contribution in [1.82, 2.24) is 15.8 Å². The van der Waals surface area contributed by atoms with Crippen LogP contribution in [0, 0.1) is 23.2 Å². The van der Waals surface area contributed by atoms with Gasteiger partial charge in [0.25, 0.3) is 0 Å². The number of hydrazine groups is 1. The first kappa shape index (κ1) is 18.9. The topological polar surface area (TPSA) is 104 Å². The highest BCUT2D eigenvalue weighted by atomic mass is 35.5. The van der Waals surface area contributed by atoms with E-state index < -0.39 is 0 Å². The molecule has 4 rings (SSSR count). The lowest BCUT2D eigenvalue weighted by Gasteiger charge is -2.43. The van der Waals surface area contributed by atoms with Gasteiger partial charge in [0, 0.05) is 47.0 Å². The summed E-state index contributed by atoms with van der Waals surface area (Å²) in [4.78, 5) is 16.6. The van der Waals surface area contributed by atoms with E-state index in [2.05, 4.69) is 28.0 Å². The molecular weight excluding hydrogens is 374 g/mol. The molecule has 144 valence electrons. The third kappa shape index (κ3) is 3.49. The number of nitrogens with zero attached hydrogens (tertiary/aromatic N) is 2. The Bertz CT molecular complexity index is 941. The Morgan fingerprint density at radius 2 is 2.14 bits per heavy atom. The van der Waals surface area contributed by atoms with Crippen LogP contribution in [0.2, 0.25) is 5.02 Å². The van der Waals surface area contributed by atoms with Crippen molar-refractivity contribution in [2.24, 2.45) is 17.6 Å². The van der Waals surface area contributed by atoms with Gasteiger partial charge in [-0.2, -0.15) is 5.26 Å². The van der Waals surface area contributed by atoms with Gasteiger partial charge in [-0.25, -0.2) is 5.43 Å². The lowest BCUT2D eigenvalue weighted by molar-refractivity contribution is -0.133. The fourth-order valence-electron chi connectivity index (χ4n) is 4.56. The first-order valence-electron chi connectivity index (χ1n) is 9.51. The van der Waals surface area contributed by atoms with Crippen LogP contribution < -0.4 is 16.6 Å². The van der Waals surface area contributed by atoms with Gasteiger partial charge in [0.15, 0.2) is 0 Å². The van der Waals surface area contributed by atoms with Crippen LogP contribution in [0.4, 0.5) is 0 Å². The quantitative estimate of drug-likeness (QED) is 0.741. The molecule has 1 amide bonds. The molecule has 1 aliphatic heterocycles. The molecule has 4 unspecified atom stereocenters. The van der Waals surface area contributed by atoms with E-state index in [1.54, 1.807) is 18.3 Å². The summed E-state index contributed by atoms with van der Waals surface area (Å²) in [5.41, 5.74) is 15.1. The summed E-state index contributed by atoms with van der Waals surface area (Å²) >= 11 is 6.02. The van der Waals surface area contributed by atoms with Gasteiger partial charge in [-0.05, 0) is 54.9 Å². The van der Waals surface area contributed by atoms with E-state index in [1.165, 1.54) is 0 Å². The maximum atomic E-state index is 12.2. The molecule has 2 aromatic rings. The summed E-state index contributed by atoms with van der Waals surface area (Å²) in [7, 11) is 0. The average molecular weight is 396 g/mol. The van der Waals surface area contributed by atoms with Crippen molar-refractivity contribution in [2.45, 2.75) is 31.2 Å². The molecule has 4 N–H and O–H groups in total. The Labute approximate surface area is 169 Å². The molecule has 4 atom stereocenters. The summed E-state index contributed by atoms with van der Waals surface area (Å²) in [6.45, 7) is 0.489. The average Bonchev–Trinajstić information content (AvgIpc) is 2.74. The highest BCUT2D eigenvalue weighted by molar-refractivity contribution is 6.30. The Morgan fingerprint density at radius 3 is 2.93 bits per heavy atom. The standard InChI is InChI=1S/C21H22ClN5O/c22-16-2-4-17(13(6-16)8-23)15-5-14(10-25-11-15)12-1-3-18-19(7-12)20(9-24)26-27-21(18)28/h2,4-6,10-12,18-20,26H,1,3,7,9,24H2,(H,27,28). The summed E-state index contributed by atoms with van der Waals surface area (Å²) in [6.07, 6.45) is 6.34. The molecule has 1 saturated carbocycles. The maximum absolute atomic E-state index is 12.2. The second kappa shape index (κ2) is 7.88. The SMILES string of the molecule is N#Cc1cc(Cl)ccc1-c1cncc(C2CCC3C(=O)NNC(CN)C3C2)c1. The third-order valence-corrected chi connectivity index (χ3v) is 6.27. The normalized spacial score (nSPS) is 26.8. The number of fused-ring (bicyclic) bond motifs is 1. The molecule has 1 aromatic heterocycles. The molecule has 1 aromatic carbocycles.